The molecule has 0 saturated carbocycles. The summed E-state index contributed by atoms with van der Waals surface area (Å²) in [7, 11) is 0. The van der Waals surface area contributed by atoms with Gasteiger partial charge < -0.3 is 14.2 Å². The van der Waals surface area contributed by atoms with Gasteiger partial charge in [0.1, 0.15) is 11.8 Å². The molecular weight excluding hydrogens is 324 g/mol. The number of anilines is 1. The molecule has 0 N–H and O–H groups in total. The summed E-state index contributed by atoms with van der Waals surface area (Å²) in [4.78, 5) is 11.3. The summed E-state index contributed by atoms with van der Waals surface area (Å²) < 4.78 is 11.1. The molecule has 7 heteroatoms. The first-order valence-electron chi connectivity index (χ1n) is 8.14. The second kappa shape index (κ2) is 5.59. The number of rotatable bonds is 3. The second-order valence-electron chi connectivity index (χ2n) is 6.04. The minimum Gasteiger partial charge on any atom is -0.493 e. The lowest BCUT2D eigenvalue weighted by atomic mass is 10.1. The zero-order valence-electron chi connectivity index (χ0n) is 13.0. The third kappa shape index (κ3) is 2.27. The molecule has 2 aromatic heterocycles. The third-order valence-corrected chi connectivity index (χ3v) is 5.40. The monoisotopic (exact) mass is 340 g/mol. The first kappa shape index (κ1) is 14.0. The molecule has 5 rings (SSSR count). The number of aromatic nitrogens is 3. The van der Waals surface area contributed by atoms with Gasteiger partial charge in [-0.05, 0) is 36.6 Å². The van der Waals surface area contributed by atoms with Crippen LogP contribution >= 0.6 is 11.3 Å². The Balaban J connectivity index is 1.45. The zero-order chi connectivity index (χ0) is 15.9. The Hall–Kier alpha value is -2.41. The molecule has 1 atom stereocenters. The Morgan fingerprint density at radius 2 is 2.29 bits per heavy atom. The van der Waals surface area contributed by atoms with Gasteiger partial charge in [0.15, 0.2) is 5.13 Å². The van der Waals surface area contributed by atoms with Gasteiger partial charge in [0.25, 0.3) is 0 Å². The van der Waals surface area contributed by atoms with Crippen LogP contribution < -0.4 is 9.64 Å². The van der Waals surface area contributed by atoms with Gasteiger partial charge in [0.2, 0.25) is 11.7 Å². The zero-order valence-corrected chi connectivity index (χ0v) is 13.8. The quantitative estimate of drug-likeness (QED) is 0.727. The highest BCUT2D eigenvalue weighted by Gasteiger charge is 2.32. The third-order valence-electron chi connectivity index (χ3n) is 4.59. The predicted molar refractivity (Wildman–Crippen MR) is 90.4 cm³/mol. The minimum atomic E-state index is 0.121. The molecule has 1 aromatic carbocycles. The van der Waals surface area contributed by atoms with Gasteiger partial charge in [-0.1, -0.05) is 5.16 Å². The summed E-state index contributed by atoms with van der Waals surface area (Å²) in [6, 6.07) is 6.21. The van der Waals surface area contributed by atoms with Gasteiger partial charge in [0.05, 0.1) is 6.61 Å². The van der Waals surface area contributed by atoms with Crippen LogP contribution in [0.4, 0.5) is 5.13 Å². The molecule has 122 valence electrons. The summed E-state index contributed by atoms with van der Waals surface area (Å²) in [5.41, 5.74) is 2.19. The smallest absolute Gasteiger partial charge is 0.249 e. The second-order valence-corrected chi connectivity index (χ2v) is 6.92. The van der Waals surface area contributed by atoms with Gasteiger partial charge in [-0.25, -0.2) is 4.98 Å². The van der Waals surface area contributed by atoms with Crippen molar-refractivity contribution in [2.75, 3.05) is 18.1 Å². The molecule has 2 aliphatic heterocycles. The van der Waals surface area contributed by atoms with Crippen molar-refractivity contribution in [2.24, 2.45) is 0 Å². The highest BCUT2D eigenvalue weighted by atomic mass is 32.1. The fraction of sp³-hybridized carbons (Fsp3) is 0.353. The molecule has 1 fully saturated rings. The molecule has 6 nitrogen and oxygen atoms in total. The van der Waals surface area contributed by atoms with Crippen molar-refractivity contribution in [1.82, 2.24) is 15.1 Å². The lowest BCUT2D eigenvalue weighted by Gasteiger charge is -2.20. The summed E-state index contributed by atoms with van der Waals surface area (Å²) in [5.74, 6) is 2.29. The molecule has 0 aliphatic carbocycles. The normalized spacial score (nSPS) is 19.5. The Morgan fingerprint density at radius 3 is 3.21 bits per heavy atom. The van der Waals surface area contributed by atoms with Gasteiger partial charge in [-0.2, -0.15) is 4.98 Å². The number of nitrogens with zero attached hydrogens (tertiary/aromatic N) is 4. The van der Waals surface area contributed by atoms with E-state index in [1.165, 1.54) is 5.56 Å². The van der Waals surface area contributed by atoms with E-state index in [4.69, 9.17) is 9.26 Å². The van der Waals surface area contributed by atoms with Crippen molar-refractivity contribution in [3.63, 3.8) is 0 Å². The maximum absolute atomic E-state index is 5.59. The lowest BCUT2D eigenvalue weighted by molar-refractivity contribution is 0.355. The maximum atomic E-state index is 5.59. The number of ether oxygens (including phenoxy) is 1. The number of hydrogen-bond donors (Lipinski definition) is 0. The van der Waals surface area contributed by atoms with Crippen LogP contribution in [-0.2, 0) is 6.42 Å². The molecule has 3 aromatic rings. The molecular formula is C17H16N4O2S. The van der Waals surface area contributed by atoms with E-state index in [1.807, 2.05) is 23.7 Å². The molecule has 0 amide bonds. The number of thiazole rings is 1. The number of fused-ring (bicyclic) bond motifs is 1. The van der Waals surface area contributed by atoms with Crippen molar-refractivity contribution in [1.29, 1.82) is 0 Å². The summed E-state index contributed by atoms with van der Waals surface area (Å²) in [6.07, 6.45) is 4.90. The van der Waals surface area contributed by atoms with Crippen LogP contribution in [0.5, 0.6) is 5.75 Å². The molecule has 0 bridgehead atoms. The topological polar surface area (TPSA) is 64.3 Å². The van der Waals surface area contributed by atoms with Gasteiger partial charge in [-0.15, -0.1) is 11.3 Å². The van der Waals surface area contributed by atoms with Crippen molar-refractivity contribution in [3.8, 4) is 17.1 Å². The highest BCUT2D eigenvalue weighted by Crippen LogP contribution is 2.37. The van der Waals surface area contributed by atoms with Crippen LogP contribution in [0.2, 0.25) is 0 Å². The van der Waals surface area contributed by atoms with Gasteiger partial charge in [0, 0.05) is 30.1 Å². The van der Waals surface area contributed by atoms with Gasteiger partial charge >= 0.3 is 0 Å². The highest BCUT2D eigenvalue weighted by molar-refractivity contribution is 7.13. The van der Waals surface area contributed by atoms with Crippen LogP contribution in [0.25, 0.3) is 11.4 Å². The van der Waals surface area contributed by atoms with Crippen molar-refractivity contribution < 1.29 is 9.26 Å². The molecule has 4 heterocycles. The summed E-state index contributed by atoms with van der Waals surface area (Å²) in [6.45, 7) is 1.73. The van der Waals surface area contributed by atoms with E-state index in [0.29, 0.717) is 11.7 Å². The maximum Gasteiger partial charge on any atom is 0.249 e. The molecule has 0 radical (unpaired) electrons. The standard InChI is InChI=1S/C17H16N4O2S/c1-2-13(21(7-1)17-18-6-9-24-17)16-19-15(20-23-16)12-3-4-14-11(10-12)5-8-22-14/h3-4,6,9-10,13H,1-2,5,7-8H2/t13-/m0/s1. The van der Waals surface area contributed by atoms with Crippen LogP contribution in [0.15, 0.2) is 34.3 Å². The Kier molecular flexibility index (Phi) is 3.26. The van der Waals surface area contributed by atoms with Crippen LogP contribution in [0.3, 0.4) is 0 Å². The van der Waals surface area contributed by atoms with Gasteiger partial charge in [-0.3, -0.25) is 0 Å². The summed E-state index contributed by atoms with van der Waals surface area (Å²) >= 11 is 1.65. The first-order chi connectivity index (χ1) is 11.9. The van der Waals surface area contributed by atoms with E-state index in [9.17, 15) is 0 Å². The van der Waals surface area contributed by atoms with Crippen molar-refractivity contribution in [2.45, 2.75) is 25.3 Å². The first-order valence-corrected chi connectivity index (χ1v) is 9.02. The SMILES string of the molecule is c1csc(N2CCC[C@H]2c2nc(-c3ccc4c(c3)CCO4)no2)n1. The molecule has 0 unspecified atom stereocenters. The van der Waals surface area contributed by atoms with Crippen molar-refractivity contribution >= 4 is 16.5 Å². The average molecular weight is 340 g/mol. The van der Waals surface area contributed by atoms with Crippen LogP contribution in [-0.4, -0.2) is 28.3 Å². The van der Waals surface area contributed by atoms with E-state index >= 15 is 0 Å². The Morgan fingerprint density at radius 1 is 1.29 bits per heavy atom. The Labute approximate surface area is 143 Å². The molecule has 0 spiro atoms. The van der Waals surface area contributed by atoms with E-state index in [-0.39, 0.29) is 6.04 Å². The van der Waals surface area contributed by atoms with E-state index in [1.54, 1.807) is 11.3 Å². The molecule has 2 aliphatic rings. The van der Waals surface area contributed by atoms with Crippen molar-refractivity contribution in [3.05, 3.63) is 41.2 Å². The minimum absolute atomic E-state index is 0.121. The predicted octanol–water partition coefficient (Wildman–Crippen LogP) is 3.47. The Bertz CT molecular complexity index is 861. The van der Waals surface area contributed by atoms with Crippen LogP contribution in [0, 0.1) is 0 Å². The number of hydrogen-bond acceptors (Lipinski definition) is 7. The molecule has 24 heavy (non-hydrogen) atoms. The van der Waals surface area contributed by atoms with Crippen LogP contribution in [0.1, 0.15) is 30.3 Å². The fourth-order valence-electron chi connectivity index (χ4n) is 3.42. The number of benzene rings is 1. The molecule has 1 saturated heterocycles. The summed E-state index contributed by atoms with van der Waals surface area (Å²) in [5, 5.41) is 7.22. The van der Waals surface area contributed by atoms with E-state index in [2.05, 4.69) is 26.1 Å². The average Bonchev–Trinajstić information content (AvgIpc) is 3.41. The van der Waals surface area contributed by atoms with E-state index < -0.39 is 0 Å². The lowest BCUT2D eigenvalue weighted by Crippen LogP contribution is -2.22. The van der Waals surface area contributed by atoms with E-state index in [0.717, 1.165) is 48.9 Å². The fourth-order valence-corrected chi connectivity index (χ4v) is 4.14. The largest absolute Gasteiger partial charge is 0.493 e.